The van der Waals surface area contributed by atoms with E-state index < -0.39 is 0 Å². The second kappa shape index (κ2) is 12.5. The molecule has 0 aliphatic rings. The molecule has 0 heterocycles. The van der Waals surface area contributed by atoms with Crippen molar-refractivity contribution < 1.29 is 26.6 Å². The fourth-order valence-electron chi connectivity index (χ4n) is 1.23. The van der Waals surface area contributed by atoms with Crippen molar-refractivity contribution in [2.45, 2.75) is 36.7 Å². The molecule has 0 saturated carbocycles. The number of hydrogen-bond donors (Lipinski definition) is 0. The molecule has 0 aliphatic carbocycles. The molecule has 0 aromatic heterocycles. The molecule has 0 aromatic carbocycles. The van der Waals surface area contributed by atoms with Crippen LogP contribution in [0.25, 0.3) is 0 Å². The van der Waals surface area contributed by atoms with Crippen molar-refractivity contribution in [2.75, 3.05) is 26.4 Å². The SMILES string of the molecule is CCOCC[CH2][Zn][CH2]CCOCC. The minimum atomic E-state index is -0.198. The maximum absolute atomic E-state index is 5.28. The molecule has 0 aromatic rings. The summed E-state index contributed by atoms with van der Waals surface area (Å²) in [5.74, 6) is 0. The molecule has 3 heteroatoms. The number of hydrogen-bond acceptors (Lipinski definition) is 2. The summed E-state index contributed by atoms with van der Waals surface area (Å²) in [6.07, 6.45) is 2.59. The normalized spacial score (nSPS) is 10.0. The van der Waals surface area contributed by atoms with Gasteiger partial charge in [-0.25, -0.2) is 0 Å². The first kappa shape index (κ1) is 13.5. The van der Waals surface area contributed by atoms with E-state index in [1.165, 1.54) is 22.9 Å². The van der Waals surface area contributed by atoms with Gasteiger partial charge in [-0.15, -0.1) is 0 Å². The number of ether oxygens (including phenoxy) is 2. The Morgan fingerprint density at radius 1 is 0.846 bits per heavy atom. The van der Waals surface area contributed by atoms with Crippen LogP contribution in [0.3, 0.4) is 0 Å². The molecular formula is C10H22O2Zn. The van der Waals surface area contributed by atoms with Crippen LogP contribution in [0.1, 0.15) is 26.7 Å². The summed E-state index contributed by atoms with van der Waals surface area (Å²) >= 11 is -0.198. The first-order valence-electron chi connectivity index (χ1n) is 5.57. The maximum atomic E-state index is 5.28. The van der Waals surface area contributed by atoms with Gasteiger partial charge in [-0.2, -0.15) is 0 Å². The third kappa shape index (κ3) is 12.5. The fraction of sp³-hybridized carbons (Fsp3) is 1.00. The van der Waals surface area contributed by atoms with Gasteiger partial charge in [0.2, 0.25) is 0 Å². The van der Waals surface area contributed by atoms with Crippen LogP contribution in [-0.4, -0.2) is 26.4 Å². The quantitative estimate of drug-likeness (QED) is 0.431. The summed E-state index contributed by atoms with van der Waals surface area (Å²) in [6.45, 7) is 7.82. The van der Waals surface area contributed by atoms with Gasteiger partial charge >= 0.3 is 89.7 Å². The second-order valence-corrected chi connectivity index (χ2v) is 7.61. The molecule has 0 spiro atoms. The first-order valence-corrected chi connectivity index (χ1v) is 9.77. The van der Waals surface area contributed by atoms with Crippen LogP contribution in [0.2, 0.25) is 10.0 Å². The van der Waals surface area contributed by atoms with Gasteiger partial charge in [0.05, 0.1) is 0 Å². The molecule has 0 radical (unpaired) electrons. The zero-order valence-corrected chi connectivity index (χ0v) is 12.1. The van der Waals surface area contributed by atoms with E-state index >= 15 is 0 Å². The molecule has 0 bridgehead atoms. The molecule has 0 rings (SSSR count). The van der Waals surface area contributed by atoms with E-state index in [1.807, 2.05) is 0 Å². The van der Waals surface area contributed by atoms with Gasteiger partial charge in [0.1, 0.15) is 0 Å². The van der Waals surface area contributed by atoms with Crippen molar-refractivity contribution in [3.05, 3.63) is 0 Å². The average Bonchev–Trinajstić information content (AvgIpc) is 2.16. The Balaban J connectivity index is 2.76. The average molecular weight is 240 g/mol. The Morgan fingerprint density at radius 3 is 1.69 bits per heavy atom. The Bertz CT molecular complexity index is 79.0. The van der Waals surface area contributed by atoms with Crippen molar-refractivity contribution >= 4 is 0 Å². The Kier molecular flexibility index (Phi) is 13.1. The summed E-state index contributed by atoms with van der Waals surface area (Å²) in [5, 5.41) is 2.97. The van der Waals surface area contributed by atoms with Crippen molar-refractivity contribution in [2.24, 2.45) is 0 Å². The third-order valence-electron chi connectivity index (χ3n) is 1.99. The van der Waals surface area contributed by atoms with E-state index in [1.54, 1.807) is 0 Å². The Hall–Kier alpha value is 0.543. The van der Waals surface area contributed by atoms with Gasteiger partial charge < -0.3 is 0 Å². The summed E-state index contributed by atoms with van der Waals surface area (Å²) in [5.41, 5.74) is 0. The van der Waals surface area contributed by atoms with Crippen molar-refractivity contribution in [1.29, 1.82) is 0 Å². The van der Waals surface area contributed by atoms with E-state index in [-0.39, 0.29) is 17.1 Å². The fourth-order valence-corrected chi connectivity index (χ4v) is 4.31. The van der Waals surface area contributed by atoms with Gasteiger partial charge in [0, 0.05) is 0 Å². The summed E-state index contributed by atoms with van der Waals surface area (Å²) < 4.78 is 10.6. The molecule has 0 saturated heterocycles. The molecule has 0 fully saturated rings. The van der Waals surface area contributed by atoms with E-state index in [0.29, 0.717) is 0 Å². The van der Waals surface area contributed by atoms with Crippen LogP contribution in [0.15, 0.2) is 0 Å². The summed E-state index contributed by atoms with van der Waals surface area (Å²) in [4.78, 5) is 0. The minimum absolute atomic E-state index is 0.198. The second-order valence-electron chi connectivity index (χ2n) is 3.16. The van der Waals surface area contributed by atoms with Gasteiger partial charge in [-0.05, 0) is 0 Å². The van der Waals surface area contributed by atoms with Crippen LogP contribution in [0, 0.1) is 0 Å². The molecule has 2 nitrogen and oxygen atoms in total. The summed E-state index contributed by atoms with van der Waals surface area (Å²) in [6, 6.07) is 0. The molecule has 0 unspecified atom stereocenters. The summed E-state index contributed by atoms with van der Waals surface area (Å²) in [7, 11) is 0. The topological polar surface area (TPSA) is 18.5 Å². The van der Waals surface area contributed by atoms with Crippen molar-refractivity contribution in [3.63, 3.8) is 0 Å². The third-order valence-corrected chi connectivity index (χ3v) is 6.18. The van der Waals surface area contributed by atoms with Crippen LogP contribution < -0.4 is 0 Å². The van der Waals surface area contributed by atoms with Crippen molar-refractivity contribution in [1.82, 2.24) is 0 Å². The molecule has 0 atom stereocenters. The molecule has 0 N–H and O–H groups in total. The van der Waals surface area contributed by atoms with E-state index in [9.17, 15) is 0 Å². The molecular weight excluding hydrogens is 217 g/mol. The predicted molar refractivity (Wildman–Crippen MR) is 51.8 cm³/mol. The molecule has 76 valence electrons. The number of rotatable bonds is 10. The van der Waals surface area contributed by atoms with E-state index in [4.69, 9.17) is 9.47 Å². The van der Waals surface area contributed by atoms with Crippen LogP contribution >= 0.6 is 0 Å². The van der Waals surface area contributed by atoms with E-state index in [2.05, 4.69) is 13.8 Å². The van der Waals surface area contributed by atoms with Crippen LogP contribution in [0.4, 0.5) is 0 Å². The van der Waals surface area contributed by atoms with Gasteiger partial charge in [0.15, 0.2) is 0 Å². The molecule has 0 amide bonds. The standard InChI is InChI=1S/2C5H11O.Zn/c2*1-3-5-6-4-2;/h2*1,3-5H2,2H3;. The van der Waals surface area contributed by atoms with E-state index in [0.717, 1.165) is 26.4 Å². The monoisotopic (exact) mass is 238 g/mol. The zero-order valence-electron chi connectivity index (χ0n) is 9.18. The molecule has 0 aliphatic heterocycles. The van der Waals surface area contributed by atoms with Gasteiger partial charge in [0.25, 0.3) is 0 Å². The van der Waals surface area contributed by atoms with Gasteiger partial charge in [-0.3, -0.25) is 0 Å². The molecule has 13 heavy (non-hydrogen) atoms. The predicted octanol–water partition coefficient (Wildman–Crippen LogP) is 2.76. The van der Waals surface area contributed by atoms with Gasteiger partial charge in [-0.1, -0.05) is 0 Å². The zero-order chi connectivity index (χ0) is 9.78. The van der Waals surface area contributed by atoms with Crippen molar-refractivity contribution in [3.8, 4) is 0 Å². The van der Waals surface area contributed by atoms with Crippen LogP contribution in [0.5, 0.6) is 0 Å². The Morgan fingerprint density at radius 2 is 1.31 bits per heavy atom. The Labute approximate surface area is 90.0 Å². The van der Waals surface area contributed by atoms with Crippen LogP contribution in [-0.2, 0) is 26.6 Å². The first-order chi connectivity index (χ1) is 6.41.